The lowest BCUT2D eigenvalue weighted by molar-refractivity contribution is 0.559. The zero-order chi connectivity index (χ0) is 16.5. The van der Waals surface area contributed by atoms with Gasteiger partial charge < -0.3 is 9.40 Å². The van der Waals surface area contributed by atoms with E-state index in [0.29, 0.717) is 11.3 Å². The molecule has 0 aliphatic carbocycles. The summed E-state index contributed by atoms with van der Waals surface area (Å²) in [5.74, 6) is 0.660. The number of aryl methyl sites for hydroxylation is 1. The number of hydrogen-bond donors (Lipinski definition) is 1. The number of nitrogens with one attached hydrogen (secondary N) is 1. The number of aromatic amines is 1. The van der Waals surface area contributed by atoms with Crippen molar-refractivity contribution in [3.8, 4) is 0 Å². The molecular formula is C19H16N2O2S. The number of aromatic nitrogens is 2. The maximum absolute atomic E-state index is 11.9. The van der Waals surface area contributed by atoms with Crippen LogP contribution < -0.4 is 5.63 Å². The molecule has 0 saturated carbocycles. The fourth-order valence-corrected chi connectivity index (χ4v) is 3.63. The van der Waals surface area contributed by atoms with Crippen molar-refractivity contribution in [1.29, 1.82) is 0 Å². The van der Waals surface area contributed by atoms with E-state index in [0.717, 1.165) is 39.1 Å². The molecule has 2 heterocycles. The van der Waals surface area contributed by atoms with Crippen LogP contribution in [-0.2, 0) is 12.2 Å². The molecule has 0 saturated heterocycles. The Bertz CT molecular complexity index is 1050. The van der Waals surface area contributed by atoms with Crippen molar-refractivity contribution < 1.29 is 4.42 Å². The first-order valence-electron chi connectivity index (χ1n) is 7.86. The molecule has 4 rings (SSSR count). The molecular weight excluding hydrogens is 320 g/mol. The molecule has 0 unspecified atom stereocenters. The minimum absolute atomic E-state index is 0.309. The summed E-state index contributed by atoms with van der Waals surface area (Å²) in [6.45, 7) is 2.08. The normalized spacial score (nSPS) is 11.4. The van der Waals surface area contributed by atoms with Crippen LogP contribution in [0.1, 0.15) is 18.1 Å². The number of fused-ring (bicyclic) bond motifs is 2. The lowest BCUT2D eigenvalue weighted by Crippen LogP contribution is -2.00. The van der Waals surface area contributed by atoms with Gasteiger partial charge in [0.25, 0.3) is 0 Å². The van der Waals surface area contributed by atoms with Gasteiger partial charge >= 0.3 is 5.63 Å². The number of imidazole rings is 1. The first-order valence-corrected chi connectivity index (χ1v) is 8.84. The monoisotopic (exact) mass is 336 g/mol. The highest BCUT2D eigenvalue weighted by Crippen LogP contribution is 2.27. The van der Waals surface area contributed by atoms with Gasteiger partial charge in [0.05, 0.1) is 11.0 Å². The largest absolute Gasteiger partial charge is 0.423 e. The molecule has 0 atom stereocenters. The van der Waals surface area contributed by atoms with E-state index in [9.17, 15) is 4.79 Å². The van der Waals surface area contributed by atoms with Gasteiger partial charge in [-0.05, 0) is 35.7 Å². The molecule has 0 aliphatic heterocycles. The fourth-order valence-electron chi connectivity index (χ4n) is 2.76. The number of H-pyrrole nitrogens is 1. The smallest absolute Gasteiger partial charge is 0.336 e. The topological polar surface area (TPSA) is 58.9 Å². The third-order valence-corrected chi connectivity index (χ3v) is 4.96. The van der Waals surface area contributed by atoms with Crippen molar-refractivity contribution >= 4 is 33.8 Å². The molecule has 120 valence electrons. The van der Waals surface area contributed by atoms with Crippen LogP contribution in [0.2, 0.25) is 0 Å². The summed E-state index contributed by atoms with van der Waals surface area (Å²) in [7, 11) is 0. The van der Waals surface area contributed by atoms with Crippen LogP contribution in [0.3, 0.4) is 0 Å². The van der Waals surface area contributed by atoms with Crippen LogP contribution in [0.25, 0.3) is 22.0 Å². The van der Waals surface area contributed by atoms with Crippen LogP contribution in [-0.4, -0.2) is 9.97 Å². The molecule has 4 aromatic rings. The minimum Gasteiger partial charge on any atom is -0.423 e. The van der Waals surface area contributed by atoms with Gasteiger partial charge in [0.15, 0.2) is 5.16 Å². The van der Waals surface area contributed by atoms with E-state index in [4.69, 9.17) is 4.42 Å². The Kier molecular flexibility index (Phi) is 3.86. The summed E-state index contributed by atoms with van der Waals surface area (Å²) in [6.07, 6.45) is 0.914. The molecule has 0 fully saturated rings. The molecule has 0 spiro atoms. The quantitative estimate of drug-likeness (QED) is 0.439. The van der Waals surface area contributed by atoms with Gasteiger partial charge in [-0.3, -0.25) is 0 Å². The van der Waals surface area contributed by atoms with Crippen LogP contribution in [0.5, 0.6) is 0 Å². The predicted molar refractivity (Wildman–Crippen MR) is 97.5 cm³/mol. The second-order valence-corrected chi connectivity index (χ2v) is 6.59. The SMILES string of the molecule is CCc1ccc2c(CSc3nc4ccccc4[nH]3)cc(=O)oc2c1. The maximum atomic E-state index is 11.9. The van der Waals surface area contributed by atoms with Crippen molar-refractivity contribution in [1.82, 2.24) is 9.97 Å². The molecule has 2 aromatic heterocycles. The zero-order valence-corrected chi connectivity index (χ0v) is 14.0. The Morgan fingerprint density at radius 2 is 2.04 bits per heavy atom. The standard InChI is InChI=1S/C19H16N2O2S/c1-2-12-7-8-14-13(10-18(22)23-17(14)9-12)11-24-19-20-15-5-3-4-6-16(15)21-19/h3-10H,2,11H2,1H3,(H,20,21). The van der Waals surface area contributed by atoms with Crippen molar-refractivity contribution in [3.05, 3.63) is 70.1 Å². The Hall–Kier alpha value is -2.53. The van der Waals surface area contributed by atoms with E-state index in [1.165, 1.54) is 0 Å². The van der Waals surface area contributed by atoms with E-state index >= 15 is 0 Å². The Morgan fingerprint density at radius 1 is 1.17 bits per heavy atom. The molecule has 0 amide bonds. The van der Waals surface area contributed by atoms with Crippen LogP contribution in [0.4, 0.5) is 0 Å². The van der Waals surface area contributed by atoms with Crippen LogP contribution in [0, 0.1) is 0 Å². The molecule has 5 heteroatoms. The van der Waals surface area contributed by atoms with Gasteiger partial charge in [-0.15, -0.1) is 0 Å². The van der Waals surface area contributed by atoms with E-state index in [1.54, 1.807) is 17.8 Å². The average molecular weight is 336 g/mol. The van der Waals surface area contributed by atoms with Crippen molar-refractivity contribution in [2.24, 2.45) is 0 Å². The highest BCUT2D eigenvalue weighted by atomic mass is 32.2. The third-order valence-electron chi connectivity index (χ3n) is 4.03. The number of hydrogen-bond acceptors (Lipinski definition) is 4. The van der Waals surface area contributed by atoms with Crippen molar-refractivity contribution in [3.63, 3.8) is 0 Å². The minimum atomic E-state index is -0.309. The van der Waals surface area contributed by atoms with E-state index in [2.05, 4.69) is 23.0 Å². The van der Waals surface area contributed by atoms with Gasteiger partial charge in [-0.2, -0.15) is 0 Å². The van der Waals surface area contributed by atoms with Gasteiger partial charge in [-0.1, -0.05) is 43.0 Å². The highest BCUT2D eigenvalue weighted by Gasteiger charge is 2.09. The summed E-state index contributed by atoms with van der Waals surface area (Å²) < 4.78 is 5.36. The Balaban J connectivity index is 1.67. The molecule has 0 bridgehead atoms. The summed E-state index contributed by atoms with van der Waals surface area (Å²) in [6, 6.07) is 15.6. The second kappa shape index (κ2) is 6.17. The summed E-state index contributed by atoms with van der Waals surface area (Å²) in [5.41, 5.74) is 4.44. The second-order valence-electron chi connectivity index (χ2n) is 5.62. The van der Waals surface area contributed by atoms with E-state index in [1.807, 2.05) is 36.4 Å². The maximum Gasteiger partial charge on any atom is 0.336 e. The molecule has 0 radical (unpaired) electrons. The first-order chi connectivity index (χ1) is 11.7. The molecule has 24 heavy (non-hydrogen) atoms. The summed E-state index contributed by atoms with van der Waals surface area (Å²) in [4.78, 5) is 19.7. The first kappa shape index (κ1) is 15.0. The van der Waals surface area contributed by atoms with E-state index in [-0.39, 0.29) is 5.63 Å². The lowest BCUT2D eigenvalue weighted by atomic mass is 10.1. The number of rotatable bonds is 4. The number of thioether (sulfide) groups is 1. The van der Waals surface area contributed by atoms with Crippen molar-refractivity contribution in [2.45, 2.75) is 24.3 Å². The Morgan fingerprint density at radius 3 is 2.88 bits per heavy atom. The molecule has 0 aliphatic rings. The van der Waals surface area contributed by atoms with Gasteiger partial charge in [0.2, 0.25) is 0 Å². The molecule has 1 N–H and O–H groups in total. The van der Waals surface area contributed by atoms with Crippen molar-refractivity contribution in [2.75, 3.05) is 0 Å². The third kappa shape index (κ3) is 2.83. The lowest BCUT2D eigenvalue weighted by Gasteiger charge is -2.05. The summed E-state index contributed by atoms with van der Waals surface area (Å²) in [5, 5.41) is 1.83. The van der Waals surface area contributed by atoms with Gasteiger partial charge in [0, 0.05) is 17.2 Å². The number of para-hydroxylation sites is 2. The molecule has 4 nitrogen and oxygen atoms in total. The molecule has 2 aromatic carbocycles. The van der Waals surface area contributed by atoms with Gasteiger partial charge in [-0.25, -0.2) is 9.78 Å². The predicted octanol–water partition coefficient (Wildman–Crippen LogP) is 4.52. The van der Waals surface area contributed by atoms with Crippen LogP contribution >= 0.6 is 11.8 Å². The van der Waals surface area contributed by atoms with Gasteiger partial charge in [0.1, 0.15) is 5.58 Å². The van der Waals surface area contributed by atoms with Crippen LogP contribution in [0.15, 0.2) is 62.9 Å². The van der Waals surface area contributed by atoms with E-state index < -0.39 is 0 Å². The average Bonchev–Trinajstić information content (AvgIpc) is 3.01. The number of nitrogens with zero attached hydrogens (tertiary/aromatic N) is 1. The zero-order valence-electron chi connectivity index (χ0n) is 13.2. The fraction of sp³-hybridized carbons (Fsp3) is 0.158. The Labute approximate surface area is 142 Å². The summed E-state index contributed by atoms with van der Waals surface area (Å²) >= 11 is 1.59. The highest BCUT2D eigenvalue weighted by molar-refractivity contribution is 7.98. The number of benzene rings is 2.